The number of hydrogen-bond donors (Lipinski definition) is 1. The summed E-state index contributed by atoms with van der Waals surface area (Å²) in [6.07, 6.45) is 2.13. The lowest BCUT2D eigenvalue weighted by Gasteiger charge is -2.32. The lowest BCUT2D eigenvalue weighted by Crippen LogP contribution is -2.31. The van der Waals surface area contributed by atoms with Crippen molar-refractivity contribution in [1.82, 2.24) is 4.90 Å². The molecule has 0 radical (unpaired) electrons. The molecule has 0 saturated heterocycles. The van der Waals surface area contributed by atoms with Crippen LogP contribution in [0.25, 0.3) is 0 Å². The summed E-state index contributed by atoms with van der Waals surface area (Å²) in [4.78, 5) is 2.15. The summed E-state index contributed by atoms with van der Waals surface area (Å²) in [6, 6.07) is 6.07. The number of rotatable bonds is 5. The molecule has 0 aromatic heterocycles. The van der Waals surface area contributed by atoms with Crippen LogP contribution in [-0.4, -0.2) is 37.8 Å². The van der Waals surface area contributed by atoms with Crippen LogP contribution in [0.1, 0.15) is 24.4 Å². The van der Waals surface area contributed by atoms with Gasteiger partial charge in [0.2, 0.25) is 0 Å². The van der Waals surface area contributed by atoms with Crippen molar-refractivity contribution in [2.75, 3.05) is 27.8 Å². The maximum atomic E-state index is 9.62. The Morgan fingerprint density at radius 3 is 2.50 bits per heavy atom. The van der Waals surface area contributed by atoms with Crippen LogP contribution in [0, 0.1) is 5.41 Å². The van der Waals surface area contributed by atoms with Gasteiger partial charge in [-0.25, -0.2) is 0 Å². The minimum Gasteiger partial charge on any atom is -0.495 e. The van der Waals surface area contributed by atoms with E-state index >= 15 is 0 Å². The second-order valence-corrected chi connectivity index (χ2v) is 5.69. The molecular weight excluding hydrogens is 250 g/mol. The summed E-state index contributed by atoms with van der Waals surface area (Å²) in [6.45, 7) is 0.222. The molecule has 0 amide bonds. The Bertz CT molecular complexity index is 430. The van der Waals surface area contributed by atoms with E-state index in [1.165, 1.54) is 0 Å². The van der Waals surface area contributed by atoms with Gasteiger partial charge in [0.15, 0.2) is 0 Å². The predicted molar refractivity (Wildman–Crippen MR) is 73.2 cm³/mol. The molecule has 1 aromatic carbocycles. The molecule has 0 spiro atoms. The van der Waals surface area contributed by atoms with Crippen LogP contribution in [0.5, 0.6) is 5.75 Å². The van der Waals surface area contributed by atoms with E-state index in [1.807, 2.05) is 32.3 Å². The van der Waals surface area contributed by atoms with E-state index in [0.29, 0.717) is 10.8 Å². The van der Waals surface area contributed by atoms with Gasteiger partial charge in [-0.3, -0.25) is 0 Å². The summed E-state index contributed by atoms with van der Waals surface area (Å²) in [5.74, 6) is 0.687. The molecule has 2 rings (SSSR count). The Kier molecular flexibility index (Phi) is 3.85. The van der Waals surface area contributed by atoms with Gasteiger partial charge in [0.25, 0.3) is 0 Å². The largest absolute Gasteiger partial charge is 0.495 e. The Balaban J connectivity index is 2.35. The fraction of sp³-hybridized carbons (Fsp3) is 0.571. The van der Waals surface area contributed by atoms with Gasteiger partial charge in [0, 0.05) is 11.5 Å². The van der Waals surface area contributed by atoms with Crippen molar-refractivity contribution >= 4 is 11.6 Å². The molecule has 1 aliphatic carbocycles. The monoisotopic (exact) mass is 269 g/mol. The molecule has 0 bridgehead atoms. The second kappa shape index (κ2) is 5.08. The van der Waals surface area contributed by atoms with Gasteiger partial charge in [0.1, 0.15) is 5.75 Å². The summed E-state index contributed by atoms with van der Waals surface area (Å²) in [7, 11) is 5.69. The van der Waals surface area contributed by atoms with Crippen molar-refractivity contribution < 1.29 is 9.84 Å². The molecule has 0 aliphatic heterocycles. The smallest absolute Gasteiger partial charge is 0.137 e. The SMILES string of the molecule is COc1ccc(C(N(C)C)C2(CO)CC2)cc1Cl. The van der Waals surface area contributed by atoms with E-state index < -0.39 is 0 Å². The summed E-state index contributed by atoms with van der Waals surface area (Å²) >= 11 is 6.19. The zero-order chi connectivity index (χ0) is 13.3. The highest BCUT2D eigenvalue weighted by Crippen LogP contribution is 2.56. The third kappa shape index (κ3) is 2.35. The number of benzene rings is 1. The summed E-state index contributed by atoms with van der Waals surface area (Å²) < 4.78 is 5.17. The van der Waals surface area contributed by atoms with Crippen molar-refractivity contribution in [2.45, 2.75) is 18.9 Å². The molecule has 100 valence electrons. The van der Waals surface area contributed by atoms with E-state index in [-0.39, 0.29) is 18.1 Å². The molecule has 0 heterocycles. The van der Waals surface area contributed by atoms with Crippen LogP contribution < -0.4 is 4.74 Å². The lowest BCUT2D eigenvalue weighted by molar-refractivity contribution is 0.115. The first-order valence-electron chi connectivity index (χ1n) is 6.15. The van der Waals surface area contributed by atoms with Gasteiger partial charge in [-0.1, -0.05) is 17.7 Å². The van der Waals surface area contributed by atoms with Crippen LogP contribution in [0.3, 0.4) is 0 Å². The Labute approximate surface area is 113 Å². The first-order valence-corrected chi connectivity index (χ1v) is 6.52. The second-order valence-electron chi connectivity index (χ2n) is 5.28. The molecule has 4 heteroatoms. The molecule has 1 aromatic rings. The van der Waals surface area contributed by atoms with E-state index in [1.54, 1.807) is 7.11 Å². The molecule has 1 atom stereocenters. The summed E-state index contributed by atoms with van der Waals surface area (Å²) in [5.41, 5.74) is 1.14. The lowest BCUT2D eigenvalue weighted by atomic mass is 9.89. The van der Waals surface area contributed by atoms with Gasteiger partial charge < -0.3 is 14.7 Å². The average Bonchev–Trinajstić information content (AvgIpc) is 3.10. The van der Waals surface area contributed by atoms with Crippen molar-refractivity contribution in [3.8, 4) is 5.75 Å². The van der Waals surface area contributed by atoms with Crippen molar-refractivity contribution in [2.24, 2.45) is 5.41 Å². The zero-order valence-corrected chi connectivity index (χ0v) is 11.9. The van der Waals surface area contributed by atoms with Crippen LogP contribution >= 0.6 is 11.6 Å². The van der Waals surface area contributed by atoms with Gasteiger partial charge >= 0.3 is 0 Å². The van der Waals surface area contributed by atoms with Crippen LogP contribution in [0.4, 0.5) is 0 Å². The van der Waals surface area contributed by atoms with Gasteiger partial charge in [0.05, 0.1) is 18.7 Å². The Morgan fingerprint density at radius 2 is 2.11 bits per heavy atom. The van der Waals surface area contributed by atoms with Crippen molar-refractivity contribution in [3.63, 3.8) is 0 Å². The van der Waals surface area contributed by atoms with Gasteiger partial charge in [-0.15, -0.1) is 0 Å². The van der Waals surface area contributed by atoms with Crippen molar-refractivity contribution in [1.29, 1.82) is 0 Å². The highest BCUT2D eigenvalue weighted by atomic mass is 35.5. The normalized spacial score (nSPS) is 18.8. The molecular formula is C14H20ClNO2. The van der Waals surface area contributed by atoms with E-state index in [9.17, 15) is 5.11 Å². The van der Waals surface area contributed by atoms with Crippen LogP contribution in [0.15, 0.2) is 18.2 Å². The molecule has 18 heavy (non-hydrogen) atoms. The first-order chi connectivity index (χ1) is 8.54. The van der Waals surface area contributed by atoms with Crippen LogP contribution in [0.2, 0.25) is 5.02 Å². The minimum absolute atomic E-state index is 0.00141. The predicted octanol–water partition coefficient (Wildman–Crippen LogP) is 2.72. The minimum atomic E-state index is 0.00141. The van der Waals surface area contributed by atoms with E-state index in [2.05, 4.69) is 4.90 Å². The summed E-state index contributed by atoms with van der Waals surface area (Å²) in [5, 5.41) is 10.2. The molecule has 3 nitrogen and oxygen atoms in total. The molecule has 1 N–H and O–H groups in total. The van der Waals surface area contributed by atoms with Gasteiger partial charge in [-0.2, -0.15) is 0 Å². The molecule has 1 aliphatic rings. The fourth-order valence-electron chi connectivity index (χ4n) is 2.73. The topological polar surface area (TPSA) is 32.7 Å². The van der Waals surface area contributed by atoms with Crippen molar-refractivity contribution in [3.05, 3.63) is 28.8 Å². The first kappa shape index (κ1) is 13.7. The molecule has 1 saturated carbocycles. The Hall–Kier alpha value is -0.770. The van der Waals surface area contributed by atoms with Crippen LogP contribution in [-0.2, 0) is 0 Å². The maximum Gasteiger partial charge on any atom is 0.137 e. The number of nitrogens with zero attached hydrogens (tertiary/aromatic N) is 1. The highest BCUT2D eigenvalue weighted by Gasteiger charge is 2.50. The quantitative estimate of drug-likeness (QED) is 0.892. The fourth-order valence-corrected chi connectivity index (χ4v) is 3.00. The van der Waals surface area contributed by atoms with Gasteiger partial charge in [-0.05, 0) is 44.6 Å². The molecule has 1 unspecified atom stereocenters. The number of halogens is 1. The zero-order valence-electron chi connectivity index (χ0n) is 11.1. The Morgan fingerprint density at radius 1 is 1.44 bits per heavy atom. The third-order valence-corrected chi connectivity index (χ3v) is 4.09. The van der Waals surface area contributed by atoms with E-state index in [0.717, 1.165) is 18.4 Å². The number of aliphatic hydroxyl groups excluding tert-OH is 1. The highest BCUT2D eigenvalue weighted by molar-refractivity contribution is 6.32. The molecule has 1 fully saturated rings. The standard InChI is InChI=1S/C14H20ClNO2/c1-16(2)13(14(9-17)6-7-14)10-4-5-12(18-3)11(15)8-10/h4-5,8,13,17H,6-7,9H2,1-3H3. The number of ether oxygens (including phenoxy) is 1. The number of methoxy groups -OCH3 is 1. The maximum absolute atomic E-state index is 9.62. The number of hydrogen-bond acceptors (Lipinski definition) is 3. The average molecular weight is 270 g/mol. The van der Waals surface area contributed by atoms with E-state index in [4.69, 9.17) is 16.3 Å². The number of aliphatic hydroxyl groups is 1. The third-order valence-electron chi connectivity index (χ3n) is 3.80.